The van der Waals surface area contributed by atoms with Gasteiger partial charge in [-0.25, -0.2) is 9.97 Å². The van der Waals surface area contributed by atoms with Gasteiger partial charge in [-0.2, -0.15) is 0 Å². The average molecular weight is 288 g/mol. The summed E-state index contributed by atoms with van der Waals surface area (Å²) in [5.74, 6) is 3.08. The van der Waals surface area contributed by atoms with Gasteiger partial charge in [0.05, 0.1) is 24.1 Å². The molecule has 0 unspecified atom stereocenters. The molecule has 0 saturated carbocycles. The van der Waals surface area contributed by atoms with E-state index in [1.807, 2.05) is 39.3 Å². The van der Waals surface area contributed by atoms with Gasteiger partial charge in [0.15, 0.2) is 0 Å². The fourth-order valence-electron chi connectivity index (χ4n) is 2.21. The largest absolute Gasteiger partial charge is 0.464 e. The van der Waals surface area contributed by atoms with E-state index in [1.54, 1.807) is 0 Å². The summed E-state index contributed by atoms with van der Waals surface area (Å²) in [6.45, 7) is 7.59. The quantitative estimate of drug-likeness (QED) is 0.886. The third kappa shape index (κ3) is 3.82. The topological polar surface area (TPSA) is 54.2 Å². The van der Waals surface area contributed by atoms with E-state index in [4.69, 9.17) is 4.42 Å². The lowest BCUT2D eigenvalue weighted by Gasteiger charge is -2.21. The van der Waals surface area contributed by atoms with Crippen molar-refractivity contribution in [1.29, 1.82) is 0 Å². The Morgan fingerprint density at radius 3 is 2.67 bits per heavy atom. The highest BCUT2D eigenvalue weighted by atomic mass is 16.3. The van der Waals surface area contributed by atoms with Crippen LogP contribution in [-0.2, 0) is 13.1 Å². The van der Waals surface area contributed by atoms with Crippen LogP contribution in [0, 0.1) is 6.92 Å². The van der Waals surface area contributed by atoms with Crippen LogP contribution in [-0.4, -0.2) is 24.1 Å². The molecule has 0 aliphatic carbocycles. The van der Waals surface area contributed by atoms with Gasteiger partial charge in [0.1, 0.15) is 17.3 Å². The van der Waals surface area contributed by atoms with Crippen LogP contribution >= 0.6 is 0 Å². The van der Waals surface area contributed by atoms with E-state index in [-0.39, 0.29) is 0 Å². The van der Waals surface area contributed by atoms with Crippen LogP contribution in [0.4, 0.5) is 5.69 Å². The number of furan rings is 1. The smallest absolute Gasteiger partial charge is 0.131 e. The zero-order chi connectivity index (χ0) is 15.4. The van der Waals surface area contributed by atoms with Crippen LogP contribution in [0.3, 0.4) is 0 Å². The molecule has 2 rings (SSSR count). The number of aryl methyl sites for hydroxylation is 1. The lowest BCUT2D eigenvalue weighted by Crippen LogP contribution is -2.21. The van der Waals surface area contributed by atoms with E-state index in [0.29, 0.717) is 12.5 Å². The van der Waals surface area contributed by atoms with Crippen molar-refractivity contribution < 1.29 is 4.42 Å². The molecule has 0 aliphatic heterocycles. The first-order valence-corrected chi connectivity index (χ1v) is 7.28. The summed E-state index contributed by atoms with van der Waals surface area (Å²) in [5.41, 5.74) is 2.05. The molecule has 0 amide bonds. The second kappa shape index (κ2) is 6.72. The van der Waals surface area contributed by atoms with Gasteiger partial charge in [-0.15, -0.1) is 0 Å². The van der Waals surface area contributed by atoms with Gasteiger partial charge in [-0.1, -0.05) is 13.8 Å². The standard InChI is InChI=1S/C16H24N4O/c1-11(2)16-18-9-15(14(19-16)8-17-4)20(5)10-13-7-6-12(3)21-13/h6-7,9,11,17H,8,10H2,1-5H3. The van der Waals surface area contributed by atoms with Gasteiger partial charge in [0, 0.05) is 19.5 Å². The molecule has 5 nitrogen and oxygen atoms in total. The molecule has 2 heterocycles. The first-order valence-electron chi connectivity index (χ1n) is 7.28. The first kappa shape index (κ1) is 15.5. The Morgan fingerprint density at radius 2 is 2.10 bits per heavy atom. The van der Waals surface area contributed by atoms with Crippen molar-refractivity contribution >= 4 is 5.69 Å². The molecular weight excluding hydrogens is 264 g/mol. The lowest BCUT2D eigenvalue weighted by molar-refractivity contribution is 0.481. The third-order valence-electron chi connectivity index (χ3n) is 3.33. The Bertz CT molecular complexity index is 592. The van der Waals surface area contributed by atoms with E-state index >= 15 is 0 Å². The number of hydrogen-bond acceptors (Lipinski definition) is 5. The van der Waals surface area contributed by atoms with Crippen molar-refractivity contribution in [3.05, 3.63) is 41.4 Å². The minimum atomic E-state index is 0.327. The maximum Gasteiger partial charge on any atom is 0.131 e. The maximum atomic E-state index is 5.64. The molecule has 2 aromatic rings. The number of nitrogens with zero attached hydrogens (tertiary/aromatic N) is 3. The number of aromatic nitrogens is 2. The highest BCUT2D eigenvalue weighted by Gasteiger charge is 2.14. The third-order valence-corrected chi connectivity index (χ3v) is 3.33. The van der Waals surface area contributed by atoms with E-state index in [0.717, 1.165) is 35.3 Å². The minimum Gasteiger partial charge on any atom is -0.464 e. The highest BCUT2D eigenvalue weighted by molar-refractivity contribution is 5.48. The van der Waals surface area contributed by atoms with E-state index in [9.17, 15) is 0 Å². The molecule has 0 aromatic carbocycles. The van der Waals surface area contributed by atoms with Crippen molar-refractivity contribution in [1.82, 2.24) is 15.3 Å². The molecule has 0 fully saturated rings. The van der Waals surface area contributed by atoms with Crippen LogP contribution in [0.5, 0.6) is 0 Å². The zero-order valence-corrected chi connectivity index (χ0v) is 13.5. The van der Waals surface area contributed by atoms with Gasteiger partial charge in [0.2, 0.25) is 0 Å². The molecule has 21 heavy (non-hydrogen) atoms. The number of anilines is 1. The SMILES string of the molecule is CNCc1nc(C(C)C)ncc1N(C)Cc1ccc(C)o1. The number of hydrogen-bond donors (Lipinski definition) is 1. The Morgan fingerprint density at radius 1 is 1.33 bits per heavy atom. The van der Waals surface area contributed by atoms with E-state index in [1.165, 1.54) is 0 Å². The molecule has 5 heteroatoms. The Kier molecular flexibility index (Phi) is 4.96. The van der Waals surface area contributed by atoms with Crippen molar-refractivity contribution in [3.8, 4) is 0 Å². The van der Waals surface area contributed by atoms with Gasteiger partial charge < -0.3 is 14.6 Å². The fraction of sp³-hybridized carbons (Fsp3) is 0.500. The van der Waals surface area contributed by atoms with E-state index in [2.05, 4.69) is 34.0 Å². The maximum absolute atomic E-state index is 5.64. The van der Waals surface area contributed by atoms with E-state index < -0.39 is 0 Å². The van der Waals surface area contributed by atoms with Crippen LogP contribution in [0.1, 0.15) is 42.8 Å². The predicted molar refractivity (Wildman–Crippen MR) is 84.4 cm³/mol. The van der Waals surface area contributed by atoms with Crippen LogP contribution < -0.4 is 10.2 Å². The molecule has 2 aromatic heterocycles. The summed E-state index contributed by atoms with van der Waals surface area (Å²) in [7, 11) is 3.96. The molecule has 0 spiro atoms. The fourth-order valence-corrected chi connectivity index (χ4v) is 2.21. The van der Waals surface area contributed by atoms with Gasteiger partial charge >= 0.3 is 0 Å². The lowest BCUT2D eigenvalue weighted by atomic mass is 10.2. The van der Waals surface area contributed by atoms with Gasteiger partial charge in [-0.3, -0.25) is 0 Å². The Labute approximate surface area is 126 Å². The Balaban J connectivity index is 2.24. The molecule has 1 N–H and O–H groups in total. The summed E-state index contributed by atoms with van der Waals surface area (Å²) >= 11 is 0. The molecule has 0 saturated heterocycles. The minimum absolute atomic E-state index is 0.327. The van der Waals surface area contributed by atoms with Crippen LogP contribution in [0.2, 0.25) is 0 Å². The van der Waals surface area contributed by atoms with Crippen molar-refractivity contribution in [2.75, 3.05) is 19.0 Å². The summed E-state index contributed by atoms with van der Waals surface area (Å²) in [6.07, 6.45) is 1.91. The van der Waals surface area contributed by atoms with Gasteiger partial charge in [-0.05, 0) is 26.1 Å². The summed E-state index contributed by atoms with van der Waals surface area (Å²) < 4.78 is 5.64. The van der Waals surface area contributed by atoms with Crippen molar-refractivity contribution in [2.45, 2.75) is 39.8 Å². The molecule has 0 bridgehead atoms. The Hall–Kier alpha value is -1.88. The van der Waals surface area contributed by atoms with Crippen molar-refractivity contribution in [3.63, 3.8) is 0 Å². The number of rotatable bonds is 6. The molecule has 0 aliphatic rings. The highest BCUT2D eigenvalue weighted by Crippen LogP contribution is 2.21. The second-order valence-corrected chi connectivity index (χ2v) is 5.61. The van der Waals surface area contributed by atoms with Crippen LogP contribution in [0.25, 0.3) is 0 Å². The predicted octanol–water partition coefficient (Wildman–Crippen LogP) is 2.86. The average Bonchev–Trinajstić information content (AvgIpc) is 2.84. The molecule has 114 valence electrons. The summed E-state index contributed by atoms with van der Waals surface area (Å²) in [4.78, 5) is 11.3. The molecular formula is C16H24N4O. The zero-order valence-electron chi connectivity index (χ0n) is 13.5. The van der Waals surface area contributed by atoms with Gasteiger partial charge in [0.25, 0.3) is 0 Å². The van der Waals surface area contributed by atoms with Crippen LogP contribution in [0.15, 0.2) is 22.7 Å². The summed E-state index contributed by atoms with van der Waals surface area (Å²) in [6, 6.07) is 3.99. The monoisotopic (exact) mass is 288 g/mol. The molecule has 0 radical (unpaired) electrons. The summed E-state index contributed by atoms with van der Waals surface area (Å²) in [5, 5.41) is 3.17. The second-order valence-electron chi connectivity index (χ2n) is 5.61. The molecule has 0 atom stereocenters. The number of nitrogens with one attached hydrogen (secondary N) is 1. The normalized spacial score (nSPS) is 11.1. The van der Waals surface area contributed by atoms with Crippen molar-refractivity contribution in [2.24, 2.45) is 0 Å². The first-order chi connectivity index (χ1) is 10.0.